The van der Waals surface area contributed by atoms with Crippen molar-refractivity contribution in [3.63, 3.8) is 0 Å². The smallest absolute Gasteiger partial charge is 0.409 e. The number of nitro groups is 1. The average molecular weight is 399 g/mol. The molecule has 1 aromatic heterocycles. The largest absolute Gasteiger partial charge is 0.483 e. The number of amides is 1. The highest BCUT2D eigenvalue weighted by atomic mass is 16.6. The summed E-state index contributed by atoms with van der Waals surface area (Å²) in [5.41, 5.74) is 0.119. The highest BCUT2D eigenvalue weighted by Crippen LogP contribution is 2.42. The lowest BCUT2D eigenvalue weighted by atomic mass is 9.88. The molecule has 1 aliphatic rings. The van der Waals surface area contributed by atoms with E-state index >= 15 is 0 Å². The van der Waals surface area contributed by atoms with Gasteiger partial charge in [0.15, 0.2) is 0 Å². The average Bonchev–Trinajstić information content (AvgIpc) is 2.67. The van der Waals surface area contributed by atoms with Crippen LogP contribution in [0.15, 0.2) is 53.0 Å². The number of hydrogen-bond acceptors (Lipinski definition) is 6. The summed E-state index contributed by atoms with van der Waals surface area (Å²) < 4.78 is 12.3. The lowest BCUT2D eigenvalue weighted by Gasteiger charge is -2.38. The predicted octanol–water partition coefficient (Wildman–Crippen LogP) is 2.89. The molecule has 0 saturated heterocycles. The van der Waals surface area contributed by atoms with Crippen LogP contribution in [0.4, 0.5) is 10.5 Å². The Morgan fingerprint density at radius 1 is 1.31 bits per heavy atom. The summed E-state index contributed by atoms with van der Waals surface area (Å²) in [6.07, 6.45) is 1.03. The number of methoxy groups -OCH3 is 1. The number of pyridine rings is 1. The van der Waals surface area contributed by atoms with Crippen molar-refractivity contribution < 1.29 is 19.2 Å². The van der Waals surface area contributed by atoms with Crippen molar-refractivity contribution in [2.75, 3.05) is 20.7 Å². The van der Waals surface area contributed by atoms with Gasteiger partial charge in [0.05, 0.1) is 24.3 Å². The number of carbonyl (C=O) groups is 1. The fourth-order valence-electron chi connectivity index (χ4n) is 3.30. The van der Waals surface area contributed by atoms with E-state index in [-0.39, 0.29) is 17.8 Å². The van der Waals surface area contributed by atoms with Crippen LogP contribution in [0.3, 0.4) is 0 Å². The van der Waals surface area contributed by atoms with Crippen LogP contribution in [0.1, 0.15) is 19.4 Å². The number of rotatable bonds is 4. The standard InChI is InChI=1S/C20H21N3O6/c1-20(2)15(12-21(3)19(25)28-4)18(22-10-6-5-7-17(22)24)14-11-13(23(26)27)8-9-16(14)29-20/h5-11H,12H2,1-4H3. The summed E-state index contributed by atoms with van der Waals surface area (Å²) in [6, 6.07) is 8.94. The number of carbonyl (C=O) groups excluding carboxylic acids is 1. The monoisotopic (exact) mass is 399 g/mol. The fourth-order valence-corrected chi connectivity index (χ4v) is 3.30. The van der Waals surface area contributed by atoms with Crippen LogP contribution in [0.2, 0.25) is 0 Å². The van der Waals surface area contributed by atoms with Crippen molar-refractivity contribution in [3.8, 4) is 5.75 Å². The molecular formula is C20H21N3O6. The van der Waals surface area contributed by atoms with Crippen LogP contribution in [-0.2, 0) is 4.74 Å². The van der Waals surface area contributed by atoms with Crippen molar-refractivity contribution in [2.24, 2.45) is 0 Å². The Morgan fingerprint density at radius 2 is 2.03 bits per heavy atom. The summed E-state index contributed by atoms with van der Waals surface area (Å²) in [5.74, 6) is 0.413. The van der Waals surface area contributed by atoms with E-state index < -0.39 is 16.6 Å². The quantitative estimate of drug-likeness (QED) is 0.578. The third-order valence-electron chi connectivity index (χ3n) is 4.75. The molecule has 9 heteroatoms. The minimum absolute atomic E-state index is 0.0957. The molecule has 0 saturated carbocycles. The molecule has 0 N–H and O–H groups in total. The lowest BCUT2D eigenvalue weighted by molar-refractivity contribution is -0.384. The Kier molecular flexibility index (Phi) is 5.15. The van der Waals surface area contributed by atoms with Crippen molar-refractivity contribution in [2.45, 2.75) is 19.4 Å². The van der Waals surface area contributed by atoms with Gasteiger partial charge in [0.1, 0.15) is 11.4 Å². The number of nitrogens with zero attached hydrogens (tertiary/aromatic N) is 3. The first-order chi connectivity index (χ1) is 13.7. The van der Waals surface area contributed by atoms with E-state index in [2.05, 4.69) is 0 Å². The third kappa shape index (κ3) is 3.71. The van der Waals surface area contributed by atoms with Gasteiger partial charge in [-0.05, 0) is 26.0 Å². The molecule has 0 bridgehead atoms. The second-order valence-corrected chi connectivity index (χ2v) is 7.11. The maximum Gasteiger partial charge on any atom is 0.409 e. The number of hydrogen-bond donors (Lipinski definition) is 0. The molecule has 1 aromatic carbocycles. The molecule has 3 rings (SSSR count). The third-order valence-corrected chi connectivity index (χ3v) is 4.75. The molecule has 0 fully saturated rings. The maximum absolute atomic E-state index is 12.6. The topological polar surface area (TPSA) is 104 Å². The zero-order valence-corrected chi connectivity index (χ0v) is 16.5. The molecule has 1 aliphatic heterocycles. The van der Waals surface area contributed by atoms with Crippen LogP contribution in [0.25, 0.3) is 5.70 Å². The molecule has 2 aromatic rings. The van der Waals surface area contributed by atoms with Crippen molar-refractivity contribution >= 4 is 17.5 Å². The maximum atomic E-state index is 12.6. The number of nitro benzene ring substituents is 1. The van der Waals surface area contributed by atoms with Crippen molar-refractivity contribution in [1.29, 1.82) is 0 Å². The highest BCUT2D eigenvalue weighted by molar-refractivity contribution is 5.79. The van der Waals surface area contributed by atoms with Crippen molar-refractivity contribution in [1.82, 2.24) is 9.47 Å². The molecule has 2 heterocycles. The van der Waals surface area contributed by atoms with Crippen molar-refractivity contribution in [3.05, 3.63) is 74.2 Å². The summed E-state index contributed by atoms with van der Waals surface area (Å²) in [7, 11) is 2.83. The first-order valence-corrected chi connectivity index (χ1v) is 8.84. The Labute approximate surface area is 166 Å². The van der Waals surface area contributed by atoms with Gasteiger partial charge in [-0.1, -0.05) is 6.07 Å². The fraction of sp³-hybridized carbons (Fsp3) is 0.300. The molecule has 0 aliphatic carbocycles. The van der Waals surface area contributed by atoms with Crippen LogP contribution in [-0.4, -0.2) is 46.8 Å². The van der Waals surface area contributed by atoms with Crippen LogP contribution in [0, 0.1) is 10.1 Å². The molecule has 0 spiro atoms. The molecule has 9 nitrogen and oxygen atoms in total. The van der Waals surface area contributed by atoms with Gasteiger partial charge in [-0.3, -0.25) is 19.5 Å². The van der Waals surface area contributed by atoms with E-state index in [1.807, 2.05) is 13.8 Å². The molecule has 0 unspecified atom stereocenters. The Morgan fingerprint density at radius 3 is 2.66 bits per heavy atom. The molecular weight excluding hydrogens is 378 g/mol. The minimum atomic E-state index is -0.893. The van der Waals surface area contributed by atoms with Gasteiger partial charge in [-0.2, -0.15) is 0 Å². The van der Waals surface area contributed by atoms with Gasteiger partial charge in [0, 0.05) is 42.6 Å². The summed E-state index contributed by atoms with van der Waals surface area (Å²) in [4.78, 5) is 36.8. The van der Waals surface area contributed by atoms with Gasteiger partial charge in [-0.15, -0.1) is 0 Å². The van der Waals surface area contributed by atoms with E-state index in [1.165, 1.54) is 40.8 Å². The van der Waals surface area contributed by atoms with Crippen LogP contribution < -0.4 is 10.3 Å². The summed E-state index contributed by atoms with van der Waals surface area (Å²) in [6.45, 7) is 3.72. The number of likely N-dealkylation sites (N-methyl/N-ethyl adjacent to an activating group) is 1. The van der Waals surface area contributed by atoms with Gasteiger partial charge in [-0.25, -0.2) is 4.79 Å². The molecule has 29 heavy (non-hydrogen) atoms. The zero-order chi connectivity index (χ0) is 21.3. The Balaban J connectivity index is 2.33. The van der Waals surface area contributed by atoms with Gasteiger partial charge >= 0.3 is 6.09 Å². The van der Waals surface area contributed by atoms with E-state index in [0.29, 0.717) is 22.6 Å². The van der Waals surface area contributed by atoms with Crippen LogP contribution >= 0.6 is 0 Å². The first-order valence-electron chi connectivity index (χ1n) is 8.84. The Bertz CT molecular complexity index is 1070. The summed E-state index contributed by atoms with van der Waals surface area (Å²) in [5, 5.41) is 11.3. The van der Waals surface area contributed by atoms with E-state index in [0.717, 1.165) is 0 Å². The summed E-state index contributed by atoms with van der Waals surface area (Å²) >= 11 is 0. The number of fused-ring (bicyclic) bond motifs is 1. The lowest BCUT2D eigenvalue weighted by Crippen LogP contribution is -2.43. The second kappa shape index (κ2) is 7.42. The SMILES string of the molecule is COC(=O)N(C)CC1=C(n2ccccc2=O)c2cc([N+](=O)[O-])ccc2OC1(C)C. The van der Waals surface area contributed by atoms with E-state index in [9.17, 15) is 19.7 Å². The predicted molar refractivity (Wildman–Crippen MR) is 106 cm³/mol. The second-order valence-electron chi connectivity index (χ2n) is 7.11. The zero-order valence-electron chi connectivity index (χ0n) is 16.5. The molecule has 0 atom stereocenters. The highest BCUT2D eigenvalue weighted by Gasteiger charge is 2.38. The van der Waals surface area contributed by atoms with E-state index in [4.69, 9.17) is 9.47 Å². The number of benzene rings is 1. The normalized spacial score (nSPS) is 14.6. The molecule has 1 amide bonds. The van der Waals surface area contributed by atoms with Gasteiger partial charge < -0.3 is 14.4 Å². The number of non-ortho nitro benzene ring substituents is 1. The molecule has 152 valence electrons. The molecule has 0 radical (unpaired) electrons. The first kappa shape index (κ1) is 20.1. The minimum Gasteiger partial charge on any atom is -0.483 e. The van der Waals surface area contributed by atoms with Gasteiger partial charge in [0.2, 0.25) is 0 Å². The Hall–Kier alpha value is -3.62. The number of aromatic nitrogens is 1. The van der Waals surface area contributed by atoms with Crippen LogP contribution in [0.5, 0.6) is 5.75 Å². The van der Waals surface area contributed by atoms with E-state index in [1.54, 1.807) is 25.4 Å². The number of ether oxygens (including phenoxy) is 2. The van der Waals surface area contributed by atoms with Gasteiger partial charge in [0.25, 0.3) is 11.2 Å².